The molecule has 2 aliphatic carbocycles. The van der Waals surface area contributed by atoms with Crippen LogP contribution in [0.25, 0.3) is 11.2 Å². The van der Waals surface area contributed by atoms with Crippen LogP contribution in [0.2, 0.25) is 0 Å². The van der Waals surface area contributed by atoms with Gasteiger partial charge in [0.05, 0.1) is 11.8 Å². The van der Waals surface area contributed by atoms with Crippen LogP contribution in [0.1, 0.15) is 78.7 Å². The molecule has 2 atom stereocenters. The van der Waals surface area contributed by atoms with Gasteiger partial charge < -0.3 is 15.7 Å². The second-order valence-electron chi connectivity index (χ2n) is 11.9. The molecule has 0 radical (unpaired) electrons. The van der Waals surface area contributed by atoms with Gasteiger partial charge in [0.25, 0.3) is 0 Å². The zero-order chi connectivity index (χ0) is 27.2. The fourth-order valence-electron chi connectivity index (χ4n) is 6.11. The molecule has 3 aromatic rings. The van der Waals surface area contributed by atoms with E-state index < -0.39 is 28.7 Å². The van der Waals surface area contributed by atoms with Crippen molar-refractivity contribution in [1.82, 2.24) is 19.5 Å². The molecule has 0 bridgehead atoms. The van der Waals surface area contributed by atoms with E-state index in [0.717, 1.165) is 31.6 Å². The Hall–Kier alpha value is -2.88. The van der Waals surface area contributed by atoms with Crippen molar-refractivity contribution >= 4 is 28.7 Å². The van der Waals surface area contributed by atoms with Gasteiger partial charge in [0.1, 0.15) is 17.0 Å². The Balaban J connectivity index is 1.48. The number of benzene rings is 1. The third-order valence-electron chi connectivity index (χ3n) is 8.49. The van der Waals surface area contributed by atoms with Crippen molar-refractivity contribution in [2.45, 2.75) is 90.3 Å². The number of hydrogen-bond donors (Lipinski definition) is 3. The lowest BCUT2D eigenvalue weighted by Gasteiger charge is -2.31. The minimum atomic E-state index is -1.05. The van der Waals surface area contributed by atoms with Gasteiger partial charge in [0.15, 0.2) is 17.3 Å². The van der Waals surface area contributed by atoms with Gasteiger partial charge >= 0.3 is 0 Å². The molecule has 2 aromatic heterocycles. The zero-order valence-corrected chi connectivity index (χ0v) is 22.4. The van der Waals surface area contributed by atoms with Crippen molar-refractivity contribution in [2.75, 3.05) is 10.6 Å². The van der Waals surface area contributed by atoms with E-state index in [0.29, 0.717) is 41.6 Å². The van der Waals surface area contributed by atoms with Crippen molar-refractivity contribution in [3.63, 3.8) is 0 Å². The topological polar surface area (TPSA) is 87.9 Å². The molecule has 2 saturated carbocycles. The molecule has 1 aromatic carbocycles. The van der Waals surface area contributed by atoms with E-state index in [1.165, 1.54) is 12.8 Å². The molecule has 0 saturated heterocycles. The number of aromatic nitrogens is 4. The molecule has 0 spiro atoms. The van der Waals surface area contributed by atoms with Crippen LogP contribution in [0.4, 0.5) is 30.8 Å². The zero-order valence-electron chi connectivity index (χ0n) is 22.4. The summed E-state index contributed by atoms with van der Waals surface area (Å²) >= 11 is 0. The maximum absolute atomic E-state index is 14.5. The van der Waals surface area contributed by atoms with Crippen molar-refractivity contribution in [3.8, 4) is 0 Å². The number of rotatable bonds is 7. The van der Waals surface area contributed by atoms with Gasteiger partial charge in [0, 0.05) is 24.2 Å². The van der Waals surface area contributed by atoms with E-state index in [4.69, 9.17) is 4.98 Å². The Morgan fingerprint density at radius 1 is 1.00 bits per heavy atom. The number of halogens is 3. The van der Waals surface area contributed by atoms with E-state index in [1.807, 2.05) is 4.57 Å². The predicted octanol–water partition coefficient (Wildman–Crippen LogP) is 6.73. The normalized spacial score (nSPS) is 24.3. The fourth-order valence-corrected chi connectivity index (χ4v) is 6.11. The Labute approximate surface area is 221 Å². The number of aliphatic hydroxyl groups is 1. The van der Waals surface area contributed by atoms with E-state index in [2.05, 4.69) is 34.4 Å². The minimum absolute atomic E-state index is 0.0488. The average molecular weight is 531 g/mol. The van der Waals surface area contributed by atoms with Crippen LogP contribution in [-0.4, -0.2) is 36.3 Å². The maximum atomic E-state index is 14.5. The largest absolute Gasteiger partial charge is 0.390 e. The van der Waals surface area contributed by atoms with Crippen LogP contribution in [0, 0.1) is 35.2 Å². The summed E-state index contributed by atoms with van der Waals surface area (Å²) in [5, 5.41) is 16.9. The molecule has 7 nitrogen and oxygen atoms in total. The SMILES string of the molecule is CC(C)[C@H]1CC[C@H](Nc2ncc3nc(Nc4c(F)cc(F)cc4F)n([C@@H]4CC[C@H](C(C)(C)O)C4)c3n2)CC1. The summed E-state index contributed by atoms with van der Waals surface area (Å²) < 4.78 is 44.4. The fraction of sp³-hybridized carbons (Fsp3) is 0.607. The molecule has 0 amide bonds. The number of nitrogens with zero attached hydrogens (tertiary/aromatic N) is 4. The molecule has 0 unspecified atom stereocenters. The summed E-state index contributed by atoms with van der Waals surface area (Å²) in [6, 6.07) is 1.45. The van der Waals surface area contributed by atoms with Crippen molar-refractivity contribution in [2.24, 2.45) is 17.8 Å². The van der Waals surface area contributed by atoms with Gasteiger partial charge in [-0.2, -0.15) is 4.98 Å². The lowest BCUT2D eigenvalue weighted by Crippen LogP contribution is -2.29. The Morgan fingerprint density at radius 2 is 1.68 bits per heavy atom. The maximum Gasteiger partial charge on any atom is 0.224 e. The molecule has 10 heteroatoms. The lowest BCUT2D eigenvalue weighted by molar-refractivity contribution is 0.0186. The second-order valence-corrected chi connectivity index (χ2v) is 11.9. The molecule has 38 heavy (non-hydrogen) atoms. The average Bonchev–Trinajstić information content (AvgIpc) is 3.46. The molecule has 206 valence electrons. The number of fused-ring (bicyclic) bond motifs is 1. The van der Waals surface area contributed by atoms with Crippen LogP contribution >= 0.6 is 0 Å². The first-order valence-corrected chi connectivity index (χ1v) is 13.6. The molecular weight excluding hydrogens is 493 g/mol. The Morgan fingerprint density at radius 3 is 2.29 bits per heavy atom. The van der Waals surface area contributed by atoms with Crippen LogP contribution in [0.15, 0.2) is 18.3 Å². The van der Waals surface area contributed by atoms with E-state index in [9.17, 15) is 18.3 Å². The third-order valence-corrected chi connectivity index (χ3v) is 8.49. The molecule has 5 rings (SSSR count). The third kappa shape index (κ3) is 5.46. The molecule has 0 aliphatic heterocycles. The number of anilines is 3. The van der Waals surface area contributed by atoms with Gasteiger partial charge in [-0.05, 0) is 76.5 Å². The Kier molecular flexibility index (Phi) is 7.28. The number of imidazole rings is 1. The van der Waals surface area contributed by atoms with E-state index in [1.54, 1.807) is 20.0 Å². The van der Waals surface area contributed by atoms with Crippen LogP contribution in [-0.2, 0) is 0 Å². The standard InChI is InChI=1S/C28H37F3N6O/c1-15(2)16-5-8-19(9-6-16)33-26-32-14-23-25(36-26)37(20-10-7-17(11-20)28(3,4)38)27(34-23)35-24-21(30)12-18(29)13-22(24)31/h12-17,19-20,38H,5-11H2,1-4H3,(H,34,35)(H,32,33,36)/t16-,17-,19-,20+/m0/s1. The van der Waals surface area contributed by atoms with Crippen molar-refractivity contribution in [1.29, 1.82) is 0 Å². The predicted molar refractivity (Wildman–Crippen MR) is 142 cm³/mol. The lowest BCUT2D eigenvalue weighted by atomic mass is 9.80. The molecular formula is C28H37F3N6O. The summed E-state index contributed by atoms with van der Waals surface area (Å²) in [6.07, 6.45) is 8.25. The molecule has 3 N–H and O–H groups in total. The van der Waals surface area contributed by atoms with Gasteiger partial charge in [-0.25, -0.2) is 23.1 Å². The van der Waals surface area contributed by atoms with Crippen LogP contribution in [0.5, 0.6) is 0 Å². The highest BCUT2D eigenvalue weighted by Gasteiger charge is 2.37. The van der Waals surface area contributed by atoms with Crippen molar-refractivity contribution < 1.29 is 18.3 Å². The quantitative estimate of drug-likeness (QED) is 0.314. The first kappa shape index (κ1) is 26.7. The first-order valence-electron chi connectivity index (χ1n) is 13.6. The van der Waals surface area contributed by atoms with E-state index >= 15 is 0 Å². The smallest absolute Gasteiger partial charge is 0.224 e. The summed E-state index contributed by atoms with van der Waals surface area (Å²) in [5.41, 5.74) is -0.306. The minimum Gasteiger partial charge on any atom is -0.390 e. The van der Waals surface area contributed by atoms with Gasteiger partial charge in [-0.3, -0.25) is 4.57 Å². The van der Waals surface area contributed by atoms with Crippen LogP contribution in [0.3, 0.4) is 0 Å². The number of nitrogens with one attached hydrogen (secondary N) is 2. The summed E-state index contributed by atoms with van der Waals surface area (Å²) in [5.74, 6) is -0.924. The summed E-state index contributed by atoms with van der Waals surface area (Å²) in [4.78, 5) is 13.9. The van der Waals surface area contributed by atoms with E-state index in [-0.39, 0.29) is 23.9 Å². The first-order chi connectivity index (χ1) is 18.0. The highest BCUT2D eigenvalue weighted by atomic mass is 19.1. The molecule has 2 fully saturated rings. The number of hydrogen-bond acceptors (Lipinski definition) is 6. The van der Waals surface area contributed by atoms with Gasteiger partial charge in [0.2, 0.25) is 11.9 Å². The highest BCUT2D eigenvalue weighted by Crippen LogP contribution is 2.43. The Bertz CT molecular complexity index is 1270. The summed E-state index contributed by atoms with van der Waals surface area (Å²) in [6.45, 7) is 8.15. The molecule has 2 heterocycles. The van der Waals surface area contributed by atoms with Crippen molar-refractivity contribution in [3.05, 3.63) is 35.8 Å². The van der Waals surface area contributed by atoms with Gasteiger partial charge in [-0.1, -0.05) is 13.8 Å². The highest BCUT2D eigenvalue weighted by molar-refractivity contribution is 5.76. The second kappa shape index (κ2) is 10.4. The van der Waals surface area contributed by atoms with Gasteiger partial charge in [-0.15, -0.1) is 0 Å². The van der Waals surface area contributed by atoms with Crippen LogP contribution < -0.4 is 10.6 Å². The molecule has 2 aliphatic rings. The summed E-state index contributed by atoms with van der Waals surface area (Å²) in [7, 11) is 0. The monoisotopic (exact) mass is 530 g/mol.